The van der Waals surface area contributed by atoms with E-state index in [-0.39, 0.29) is 25.3 Å². The minimum Gasteiger partial charge on any atom is -0.478 e. The van der Waals surface area contributed by atoms with Gasteiger partial charge in [-0.05, 0) is 44.8 Å². The standard InChI is InChI=1S/C17H23FN2O4/c1-12-10-13(18)4-5-14(12)24-17(16(22)23)6-8-20(9-7-17)15(21)11-19(2)3/h4-5,10H,6-9,11H2,1-3H3,(H,22,23). The van der Waals surface area contributed by atoms with Crippen LogP contribution in [-0.2, 0) is 9.59 Å². The Morgan fingerprint density at radius 2 is 1.96 bits per heavy atom. The van der Waals surface area contributed by atoms with Gasteiger partial charge in [-0.1, -0.05) is 0 Å². The number of nitrogens with zero attached hydrogens (tertiary/aromatic N) is 2. The lowest BCUT2D eigenvalue weighted by molar-refractivity contribution is -0.162. The molecule has 1 saturated heterocycles. The van der Waals surface area contributed by atoms with E-state index in [1.165, 1.54) is 18.2 Å². The number of likely N-dealkylation sites (tertiary alicyclic amines) is 1. The molecule has 0 aliphatic carbocycles. The van der Waals surface area contributed by atoms with Gasteiger partial charge in [-0.15, -0.1) is 0 Å². The average Bonchev–Trinajstić information content (AvgIpc) is 2.50. The van der Waals surface area contributed by atoms with Gasteiger partial charge in [0.05, 0.1) is 6.54 Å². The quantitative estimate of drug-likeness (QED) is 0.881. The number of piperidine rings is 1. The van der Waals surface area contributed by atoms with E-state index in [2.05, 4.69) is 0 Å². The molecule has 1 aromatic rings. The van der Waals surface area contributed by atoms with Crippen LogP contribution in [0.4, 0.5) is 4.39 Å². The first-order valence-electron chi connectivity index (χ1n) is 7.84. The fraction of sp³-hybridized carbons (Fsp3) is 0.529. The Balaban J connectivity index is 2.11. The number of likely N-dealkylation sites (N-methyl/N-ethyl adjacent to an activating group) is 1. The summed E-state index contributed by atoms with van der Waals surface area (Å²) in [5, 5.41) is 9.66. The molecule has 0 saturated carbocycles. The lowest BCUT2D eigenvalue weighted by Gasteiger charge is -2.39. The van der Waals surface area contributed by atoms with Crippen molar-refractivity contribution in [2.75, 3.05) is 33.7 Å². The Bertz CT molecular complexity index is 625. The molecule has 0 spiro atoms. The van der Waals surface area contributed by atoms with Gasteiger partial charge in [0.1, 0.15) is 11.6 Å². The number of carboxylic acid groups (broad SMARTS) is 1. The van der Waals surface area contributed by atoms with E-state index in [0.29, 0.717) is 24.4 Å². The summed E-state index contributed by atoms with van der Waals surface area (Å²) in [7, 11) is 3.62. The number of hydrogen-bond acceptors (Lipinski definition) is 4. The molecule has 24 heavy (non-hydrogen) atoms. The Morgan fingerprint density at radius 3 is 2.46 bits per heavy atom. The van der Waals surface area contributed by atoms with Crippen LogP contribution in [0.1, 0.15) is 18.4 Å². The maximum atomic E-state index is 13.2. The number of hydrogen-bond donors (Lipinski definition) is 1. The zero-order chi connectivity index (χ0) is 17.9. The first-order valence-corrected chi connectivity index (χ1v) is 7.84. The van der Waals surface area contributed by atoms with Gasteiger partial charge in [0.25, 0.3) is 0 Å². The minimum atomic E-state index is -1.39. The van der Waals surface area contributed by atoms with E-state index in [9.17, 15) is 19.1 Å². The SMILES string of the molecule is Cc1cc(F)ccc1OC1(C(=O)O)CCN(C(=O)CN(C)C)CC1. The van der Waals surface area contributed by atoms with Gasteiger partial charge in [-0.25, -0.2) is 9.18 Å². The number of benzene rings is 1. The van der Waals surface area contributed by atoms with Crippen molar-refractivity contribution in [1.82, 2.24) is 9.80 Å². The number of halogens is 1. The Morgan fingerprint density at radius 1 is 1.33 bits per heavy atom. The zero-order valence-electron chi connectivity index (χ0n) is 14.2. The maximum Gasteiger partial charge on any atom is 0.348 e. The summed E-state index contributed by atoms with van der Waals surface area (Å²) >= 11 is 0. The van der Waals surface area contributed by atoms with Crippen molar-refractivity contribution in [2.24, 2.45) is 0 Å². The Kier molecular flexibility index (Phi) is 5.43. The second kappa shape index (κ2) is 7.17. The fourth-order valence-electron chi connectivity index (χ4n) is 2.79. The molecule has 0 unspecified atom stereocenters. The van der Waals surface area contributed by atoms with Crippen molar-refractivity contribution >= 4 is 11.9 Å². The van der Waals surface area contributed by atoms with Gasteiger partial charge in [0.15, 0.2) is 0 Å². The van der Waals surface area contributed by atoms with Crippen molar-refractivity contribution in [3.8, 4) is 5.75 Å². The Labute approximate surface area is 140 Å². The molecule has 1 amide bonds. The number of carbonyl (C=O) groups excluding carboxylic acids is 1. The summed E-state index contributed by atoms with van der Waals surface area (Å²) in [6, 6.07) is 3.99. The fourth-order valence-corrected chi connectivity index (χ4v) is 2.79. The molecule has 1 N–H and O–H groups in total. The summed E-state index contributed by atoms with van der Waals surface area (Å²) in [4.78, 5) is 27.3. The molecule has 0 bridgehead atoms. The lowest BCUT2D eigenvalue weighted by Crippen LogP contribution is -2.55. The topological polar surface area (TPSA) is 70.1 Å². The molecule has 1 aromatic carbocycles. The van der Waals surface area contributed by atoms with Gasteiger partial charge in [-0.2, -0.15) is 0 Å². The molecule has 0 atom stereocenters. The van der Waals surface area contributed by atoms with Gasteiger partial charge in [0, 0.05) is 25.9 Å². The van der Waals surface area contributed by atoms with Crippen LogP contribution in [0.5, 0.6) is 5.75 Å². The van der Waals surface area contributed by atoms with Crippen molar-refractivity contribution < 1.29 is 23.8 Å². The predicted octanol–water partition coefficient (Wildman–Crippen LogP) is 1.52. The number of carboxylic acids is 1. The highest BCUT2D eigenvalue weighted by atomic mass is 19.1. The van der Waals surface area contributed by atoms with Crippen molar-refractivity contribution in [3.63, 3.8) is 0 Å². The number of aliphatic carboxylic acids is 1. The van der Waals surface area contributed by atoms with Crippen molar-refractivity contribution in [3.05, 3.63) is 29.6 Å². The van der Waals surface area contributed by atoms with E-state index in [4.69, 9.17) is 4.74 Å². The van der Waals surface area contributed by atoms with Crippen LogP contribution in [0.2, 0.25) is 0 Å². The highest BCUT2D eigenvalue weighted by Gasteiger charge is 2.45. The lowest BCUT2D eigenvalue weighted by atomic mass is 9.90. The molecular formula is C17H23FN2O4. The van der Waals surface area contributed by atoms with Crippen LogP contribution >= 0.6 is 0 Å². The van der Waals surface area contributed by atoms with E-state index in [0.717, 1.165) is 0 Å². The van der Waals surface area contributed by atoms with E-state index in [1.807, 2.05) is 14.1 Å². The molecule has 0 aromatic heterocycles. The number of carbonyl (C=O) groups is 2. The van der Waals surface area contributed by atoms with Crippen LogP contribution in [0, 0.1) is 12.7 Å². The number of ether oxygens (including phenoxy) is 1. The van der Waals surface area contributed by atoms with Crippen molar-refractivity contribution in [1.29, 1.82) is 0 Å². The first-order chi connectivity index (χ1) is 11.2. The van der Waals surface area contributed by atoms with Crippen molar-refractivity contribution in [2.45, 2.75) is 25.4 Å². The van der Waals surface area contributed by atoms with Gasteiger partial charge in [0.2, 0.25) is 11.5 Å². The smallest absolute Gasteiger partial charge is 0.348 e. The Hall–Kier alpha value is -2.15. The molecule has 2 rings (SSSR count). The van der Waals surface area contributed by atoms with Crippen LogP contribution in [-0.4, -0.2) is 66.1 Å². The summed E-state index contributed by atoms with van der Waals surface area (Å²) in [5.74, 6) is -1.14. The molecule has 1 heterocycles. The molecule has 1 aliphatic heterocycles. The van der Waals surface area contributed by atoms with Gasteiger partial charge >= 0.3 is 5.97 Å². The normalized spacial score (nSPS) is 17.0. The summed E-state index contributed by atoms with van der Waals surface area (Å²) in [5.41, 5.74) is -0.848. The number of amides is 1. The van der Waals surface area contributed by atoms with Crippen LogP contribution in [0.15, 0.2) is 18.2 Å². The van der Waals surface area contributed by atoms with Crippen LogP contribution in [0.3, 0.4) is 0 Å². The average molecular weight is 338 g/mol. The first kappa shape index (κ1) is 18.2. The third-order valence-electron chi connectivity index (χ3n) is 4.21. The molecule has 1 fully saturated rings. The maximum absolute atomic E-state index is 13.2. The number of rotatable bonds is 5. The minimum absolute atomic E-state index is 0.0306. The number of aryl methyl sites for hydroxylation is 1. The molecule has 1 aliphatic rings. The van der Waals surface area contributed by atoms with Gasteiger partial charge < -0.3 is 19.6 Å². The third kappa shape index (κ3) is 4.03. The second-order valence-corrected chi connectivity index (χ2v) is 6.43. The van der Waals surface area contributed by atoms with Gasteiger partial charge in [-0.3, -0.25) is 4.79 Å². The molecule has 6 nitrogen and oxygen atoms in total. The molecular weight excluding hydrogens is 315 g/mol. The highest BCUT2D eigenvalue weighted by molar-refractivity contribution is 5.81. The summed E-state index contributed by atoms with van der Waals surface area (Å²) in [6.07, 6.45) is 0.386. The van der Waals surface area contributed by atoms with Crippen LogP contribution in [0.25, 0.3) is 0 Å². The van der Waals surface area contributed by atoms with E-state index < -0.39 is 17.4 Å². The van der Waals surface area contributed by atoms with Crippen LogP contribution < -0.4 is 4.74 Å². The highest BCUT2D eigenvalue weighted by Crippen LogP contribution is 2.31. The summed E-state index contributed by atoms with van der Waals surface area (Å²) < 4.78 is 19.0. The molecule has 132 valence electrons. The summed E-state index contributed by atoms with van der Waals surface area (Å²) in [6.45, 7) is 2.60. The molecule has 7 heteroatoms. The van der Waals surface area contributed by atoms with E-state index in [1.54, 1.807) is 16.7 Å². The monoisotopic (exact) mass is 338 g/mol. The third-order valence-corrected chi connectivity index (χ3v) is 4.21. The second-order valence-electron chi connectivity index (χ2n) is 6.43. The largest absolute Gasteiger partial charge is 0.478 e. The molecule has 0 radical (unpaired) electrons. The van der Waals surface area contributed by atoms with E-state index >= 15 is 0 Å². The predicted molar refractivity (Wildman–Crippen MR) is 86.5 cm³/mol. The zero-order valence-corrected chi connectivity index (χ0v) is 14.2.